The molecule has 1 aliphatic rings. The molecule has 340 valence electrons. The molecule has 3 heterocycles. The van der Waals surface area contributed by atoms with Gasteiger partial charge in [-0.2, -0.15) is 6.07 Å². The van der Waals surface area contributed by atoms with E-state index in [9.17, 15) is 4.39 Å². The molecular formula is C60H54FN4OPt-3. The molecule has 5 nitrogen and oxygen atoms in total. The van der Waals surface area contributed by atoms with E-state index in [1.807, 2.05) is 36.5 Å². The Bertz CT molecular complexity index is 3260. The van der Waals surface area contributed by atoms with Crippen molar-refractivity contribution in [1.29, 1.82) is 0 Å². The molecule has 1 aliphatic heterocycles. The molecule has 9 aromatic rings. The molecular weight excluding hydrogens is 1010 g/mol. The first-order valence-electron chi connectivity index (χ1n) is 22.7. The normalized spacial score (nSPS) is 13.0. The number of fused-ring (bicyclic) bond motifs is 4. The van der Waals surface area contributed by atoms with E-state index in [0.29, 0.717) is 11.5 Å². The third-order valence-electron chi connectivity index (χ3n) is 12.7. The van der Waals surface area contributed by atoms with Gasteiger partial charge >= 0.3 is 0 Å². The average molecular weight is 1060 g/mol. The Morgan fingerprint density at radius 2 is 1.13 bits per heavy atom. The summed E-state index contributed by atoms with van der Waals surface area (Å²) in [6.07, 6.45) is 1.90. The minimum atomic E-state index is -0.264. The maximum absolute atomic E-state index is 14.1. The zero-order valence-corrected chi connectivity index (χ0v) is 41.8. The van der Waals surface area contributed by atoms with Crippen molar-refractivity contribution in [1.82, 2.24) is 9.55 Å². The topological polar surface area (TPSA) is 33.5 Å². The number of pyridine rings is 1. The molecule has 67 heavy (non-hydrogen) atoms. The fraction of sp³-hybridized carbons (Fsp3) is 0.200. The number of ether oxygens (including phenoxy) is 1. The Balaban J connectivity index is 0.00000562. The van der Waals surface area contributed by atoms with Gasteiger partial charge in [0.05, 0.1) is 0 Å². The van der Waals surface area contributed by atoms with Gasteiger partial charge in [-0.1, -0.05) is 147 Å². The molecule has 0 saturated heterocycles. The zero-order chi connectivity index (χ0) is 46.1. The van der Waals surface area contributed by atoms with Crippen LogP contribution in [0.4, 0.5) is 27.1 Å². The first-order valence-corrected chi connectivity index (χ1v) is 22.7. The third-order valence-corrected chi connectivity index (χ3v) is 12.7. The van der Waals surface area contributed by atoms with E-state index in [1.54, 1.807) is 0 Å². The summed E-state index contributed by atoms with van der Waals surface area (Å²) in [7, 11) is 0. The quantitative estimate of drug-likeness (QED) is 0.149. The molecule has 0 fully saturated rings. The number of aromatic nitrogens is 2. The first kappa shape index (κ1) is 45.7. The van der Waals surface area contributed by atoms with Crippen LogP contribution in [0.15, 0.2) is 158 Å². The van der Waals surface area contributed by atoms with Crippen LogP contribution >= 0.6 is 0 Å². The number of rotatable bonds is 7. The molecule has 7 aromatic carbocycles. The molecule has 0 spiro atoms. The number of para-hydroxylation sites is 4. The van der Waals surface area contributed by atoms with Gasteiger partial charge < -0.3 is 19.1 Å². The summed E-state index contributed by atoms with van der Waals surface area (Å²) in [4.78, 5) is 9.29. The zero-order valence-electron chi connectivity index (χ0n) is 39.5. The number of hydrogen-bond acceptors (Lipinski definition) is 4. The molecule has 7 heteroatoms. The second kappa shape index (κ2) is 17.3. The monoisotopic (exact) mass is 1060 g/mol. The van der Waals surface area contributed by atoms with Crippen LogP contribution in [0.5, 0.6) is 11.5 Å². The minimum absolute atomic E-state index is 0. The fourth-order valence-electron chi connectivity index (χ4n) is 8.89. The van der Waals surface area contributed by atoms with Gasteiger partial charge in [0.1, 0.15) is 11.6 Å². The van der Waals surface area contributed by atoms with E-state index in [0.717, 1.165) is 72.6 Å². The Kier molecular flexibility index (Phi) is 11.8. The number of nitrogens with zero attached hydrogens (tertiary/aromatic N) is 4. The van der Waals surface area contributed by atoms with Gasteiger partial charge in [0, 0.05) is 66.9 Å². The minimum Gasteiger partial charge on any atom is -0.509 e. The van der Waals surface area contributed by atoms with Gasteiger partial charge in [-0.15, -0.1) is 53.6 Å². The SMILES string of the molecule is CC(C)(C)c1cc(-c2cc(Oc3[c-]c4c(cc3)c3ccccc3n4-c3cc(C(C)(C)C)ccn3)[c-]c(N3[CH-]N(c4ccccc4-c4ccc(F)cc4)c4ccccc43)c2)cc(C(C)(C)C)c1.[Pt]. The Morgan fingerprint density at radius 3 is 1.82 bits per heavy atom. The predicted octanol–water partition coefficient (Wildman–Crippen LogP) is 16.3. The summed E-state index contributed by atoms with van der Waals surface area (Å²) in [6.45, 7) is 22.4. The van der Waals surface area contributed by atoms with E-state index >= 15 is 0 Å². The van der Waals surface area contributed by atoms with Gasteiger partial charge in [0.15, 0.2) is 0 Å². The van der Waals surface area contributed by atoms with Crippen LogP contribution in [-0.4, -0.2) is 9.55 Å². The molecule has 0 aliphatic carbocycles. The molecule has 0 N–H and O–H groups in total. The molecule has 0 radical (unpaired) electrons. The third kappa shape index (κ3) is 8.80. The summed E-state index contributed by atoms with van der Waals surface area (Å²) in [6, 6.07) is 58.9. The number of hydrogen-bond donors (Lipinski definition) is 0. The summed E-state index contributed by atoms with van der Waals surface area (Å²) < 4.78 is 23.3. The van der Waals surface area contributed by atoms with E-state index in [1.165, 1.54) is 28.8 Å². The van der Waals surface area contributed by atoms with Gasteiger partial charge in [0.2, 0.25) is 0 Å². The predicted molar refractivity (Wildman–Crippen MR) is 271 cm³/mol. The second-order valence-corrected chi connectivity index (χ2v) is 20.5. The average Bonchev–Trinajstić information content (AvgIpc) is 3.84. The number of halogens is 1. The number of anilines is 4. The molecule has 2 aromatic heterocycles. The maximum atomic E-state index is 14.1. The van der Waals surface area contributed by atoms with Crippen LogP contribution in [0.2, 0.25) is 0 Å². The molecule has 0 amide bonds. The molecule has 0 saturated carbocycles. The van der Waals surface area contributed by atoms with Crippen LogP contribution in [-0.2, 0) is 37.3 Å². The first-order chi connectivity index (χ1) is 31.5. The van der Waals surface area contributed by atoms with Crippen molar-refractivity contribution in [3.8, 4) is 39.6 Å². The van der Waals surface area contributed by atoms with Crippen LogP contribution in [0.3, 0.4) is 0 Å². The summed E-state index contributed by atoms with van der Waals surface area (Å²) >= 11 is 0. The van der Waals surface area contributed by atoms with Crippen LogP contribution in [0.1, 0.15) is 79.0 Å². The fourth-order valence-corrected chi connectivity index (χ4v) is 8.89. The maximum Gasteiger partial charge on any atom is 0.135 e. The van der Waals surface area contributed by atoms with E-state index < -0.39 is 0 Å². The van der Waals surface area contributed by atoms with Gasteiger partial charge in [-0.3, -0.25) is 0 Å². The smallest absolute Gasteiger partial charge is 0.135 e. The molecule has 0 atom stereocenters. The van der Waals surface area contributed by atoms with Crippen molar-refractivity contribution in [2.45, 2.75) is 78.6 Å². The van der Waals surface area contributed by atoms with Crippen molar-refractivity contribution in [3.05, 3.63) is 199 Å². The summed E-state index contributed by atoms with van der Waals surface area (Å²) in [5.74, 6) is 1.69. The van der Waals surface area contributed by atoms with Crippen LogP contribution in [0.25, 0.3) is 49.9 Å². The van der Waals surface area contributed by atoms with E-state index in [-0.39, 0.29) is 43.1 Å². The van der Waals surface area contributed by atoms with Crippen molar-refractivity contribution >= 4 is 44.6 Å². The molecule has 0 unspecified atom stereocenters. The Morgan fingerprint density at radius 1 is 0.522 bits per heavy atom. The van der Waals surface area contributed by atoms with Crippen molar-refractivity contribution in [2.75, 3.05) is 9.80 Å². The van der Waals surface area contributed by atoms with Crippen LogP contribution < -0.4 is 14.5 Å². The Labute approximate surface area is 409 Å². The number of benzene rings is 7. The van der Waals surface area contributed by atoms with Crippen molar-refractivity contribution in [3.63, 3.8) is 0 Å². The summed E-state index contributed by atoms with van der Waals surface area (Å²) in [5.41, 5.74) is 13.3. The second-order valence-electron chi connectivity index (χ2n) is 20.5. The standard InChI is InChI=1S/C60H54FN4O.Pt/c1-58(2,3)42-28-29-62-57(35-42)65-53-19-13-11-17-50(53)51-27-26-47(37-56(51)65)66-48-33-41(40-30-43(59(4,5)6)34-44(31-40)60(7,8)9)32-46(36-48)63-38-64(55-21-15-14-20-54(55)63)52-18-12-10-16-49(52)39-22-24-45(61)25-23-39;/h10-35,38H,1-9H3;/q-3;. The van der Waals surface area contributed by atoms with Crippen molar-refractivity contribution < 1.29 is 30.2 Å². The van der Waals surface area contributed by atoms with E-state index in [4.69, 9.17) is 9.72 Å². The van der Waals surface area contributed by atoms with Crippen LogP contribution in [0, 0.1) is 24.6 Å². The molecule has 0 bridgehead atoms. The van der Waals surface area contributed by atoms with E-state index in [2.05, 4.69) is 205 Å². The summed E-state index contributed by atoms with van der Waals surface area (Å²) in [5, 5.41) is 2.19. The van der Waals surface area contributed by atoms with Gasteiger partial charge in [-0.25, -0.2) is 9.37 Å². The van der Waals surface area contributed by atoms with Crippen molar-refractivity contribution in [2.24, 2.45) is 0 Å². The van der Waals surface area contributed by atoms with Gasteiger partial charge in [0.25, 0.3) is 0 Å². The largest absolute Gasteiger partial charge is 0.509 e. The Hall–Kier alpha value is -6.49. The molecule has 10 rings (SSSR count). The van der Waals surface area contributed by atoms with Gasteiger partial charge in [-0.05, 0) is 98.0 Å².